The summed E-state index contributed by atoms with van der Waals surface area (Å²) in [6.45, 7) is 2.09. The molecule has 0 bridgehead atoms. The zero-order valence-corrected chi connectivity index (χ0v) is 10.2. The summed E-state index contributed by atoms with van der Waals surface area (Å²) < 4.78 is 0.320. The molecule has 2 rings (SSSR count). The van der Waals surface area contributed by atoms with E-state index in [-0.39, 0.29) is 24.3 Å². The smallest absolute Gasteiger partial charge is 0.229 e. The van der Waals surface area contributed by atoms with Crippen molar-refractivity contribution in [2.75, 3.05) is 0 Å². The Bertz CT molecular complexity index is 416. The van der Waals surface area contributed by atoms with Crippen LogP contribution in [0.5, 0.6) is 0 Å². The first-order valence-corrected chi connectivity index (χ1v) is 6.07. The van der Waals surface area contributed by atoms with Crippen molar-refractivity contribution < 1.29 is 9.59 Å². The maximum Gasteiger partial charge on any atom is 0.229 e. The topological polar surface area (TPSA) is 63.2 Å². The fourth-order valence-electron chi connectivity index (χ4n) is 1.64. The summed E-state index contributed by atoms with van der Waals surface area (Å²) in [6.07, 6.45) is 0.830. The van der Waals surface area contributed by atoms with E-state index >= 15 is 0 Å². The Kier molecular flexibility index (Phi) is 3.20. The van der Waals surface area contributed by atoms with Crippen molar-refractivity contribution in [3.05, 3.63) is 9.47 Å². The first-order valence-electron chi connectivity index (χ1n) is 4.87. The summed E-state index contributed by atoms with van der Waals surface area (Å²) in [4.78, 5) is 24.5. The van der Waals surface area contributed by atoms with Gasteiger partial charge in [-0.05, 0) is 17.5 Å². The Morgan fingerprint density at radius 3 is 2.50 bits per heavy atom. The van der Waals surface area contributed by atoms with Gasteiger partial charge in [-0.3, -0.25) is 14.5 Å². The van der Waals surface area contributed by atoms with Crippen LogP contribution in [-0.4, -0.2) is 26.9 Å². The van der Waals surface area contributed by atoms with Gasteiger partial charge in [0.05, 0.1) is 6.54 Å². The highest BCUT2D eigenvalue weighted by molar-refractivity contribution is 7.15. The van der Waals surface area contributed by atoms with E-state index in [1.807, 2.05) is 6.92 Å². The third-order valence-corrected chi connectivity index (χ3v) is 3.39. The molecule has 2 heterocycles. The molecule has 1 saturated heterocycles. The second kappa shape index (κ2) is 4.47. The standard InChI is InChI=1S/C9H10ClN3O2S/c1-5-2-7(14)13(8(15)3-5)4-6-11-12-9(10)16-6/h5H,2-4H2,1H3. The predicted octanol–water partition coefficient (Wildman–Crippen LogP) is 1.48. The van der Waals surface area contributed by atoms with Gasteiger partial charge in [0.1, 0.15) is 5.01 Å². The fraction of sp³-hybridized carbons (Fsp3) is 0.556. The highest BCUT2D eigenvalue weighted by Crippen LogP contribution is 2.22. The minimum absolute atomic E-state index is 0.134. The number of amides is 2. The van der Waals surface area contributed by atoms with Gasteiger partial charge in [0.25, 0.3) is 0 Å². The summed E-state index contributed by atoms with van der Waals surface area (Å²) in [5.41, 5.74) is 0. The van der Waals surface area contributed by atoms with Crippen LogP contribution in [0, 0.1) is 5.92 Å². The van der Waals surface area contributed by atoms with Crippen molar-refractivity contribution >= 4 is 34.8 Å². The predicted molar refractivity (Wildman–Crippen MR) is 58.9 cm³/mol. The van der Waals surface area contributed by atoms with Gasteiger partial charge in [-0.2, -0.15) is 0 Å². The van der Waals surface area contributed by atoms with Gasteiger partial charge >= 0.3 is 0 Å². The van der Waals surface area contributed by atoms with Crippen LogP contribution in [0.15, 0.2) is 0 Å². The van der Waals surface area contributed by atoms with E-state index < -0.39 is 0 Å². The zero-order chi connectivity index (χ0) is 11.7. The Balaban J connectivity index is 2.09. The number of hydrogen-bond acceptors (Lipinski definition) is 5. The van der Waals surface area contributed by atoms with Crippen LogP contribution in [0.3, 0.4) is 0 Å². The van der Waals surface area contributed by atoms with Crippen LogP contribution < -0.4 is 0 Å². The summed E-state index contributed by atoms with van der Waals surface area (Å²) in [7, 11) is 0. The van der Waals surface area contributed by atoms with Gasteiger partial charge in [0.15, 0.2) is 0 Å². The molecule has 7 heteroatoms. The maximum atomic E-state index is 11.7. The Labute approximate surface area is 101 Å². The average molecular weight is 260 g/mol. The number of rotatable bonds is 2. The number of hydrogen-bond donors (Lipinski definition) is 0. The highest BCUT2D eigenvalue weighted by Gasteiger charge is 2.30. The van der Waals surface area contributed by atoms with E-state index in [9.17, 15) is 9.59 Å². The third kappa shape index (κ3) is 2.38. The number of carbonyl (C=O) groups is 2. The highest BCUT2D eigenvalue weighted by atomic mass is 35.5. The van der Waals surface area contributed by atoms with Crippen molar-refractivity contribution in [3.8, 4) is 0 Å². The minimum Gasteiger partial charge on any atom is -0.276 e. The Morgan fingerprint density at radius 2 is 2.00 bits per heavy atom. The van der Waals surface area contributed by atoms with Crippen LogP contribution in [0.1, 0.15) is 24.8 Å². The molecule has 0 aliphatic carbocycles. The number of piperidine rings is 1. The minimum atomic E-state index is -0.143. The molecule has 5 nitrogen and oxygen atoms in total. The molecule has 16 heavy (non-hydrogen) atoms. The summed E-state index contributed by atoms with van der Waals surface area (Å²) in [5.74, 6) is -0.153. The first-order chi connectivity index (χ1) is 7.56. The molecule has 1 aromatic rings. The lowest BCUT2D eigenvalue weighted by Gasteiger charge is -2.27. The number of carbonyl (C=O) groups excluding carboxylic acids is 2. The van der Waals surface area contributed by atoms with Crippen LogP contribution in [0.4, 0.5) is 0 Å². The Hall–Kier alpha value is -1.01. The maximum absolute atomic E-state index is 11.7. The van der Waals surface area contributed by atoms with E-state index in [0.29, 0.717) is 22.3 Å². The number of imide groups is 1. The average Bonchev–Trinajstić information content (AvgIpc) is 2.58. The molecule has 86 valence electrons. The monoisotopic (exact) mass is 259 g/mol. The van der Waals surface area contributed by atoms with E-state index in [0.717, 1.165) is 0 Å². The van der Waals surface area contributed by atoms with Gasteiger partial charge in [-0.25, -0.2) is 0 Å². The quantitative estimate of drug-likeness (QED) is 0.755. The summed E-state index contributed by atoms with van der Waals surface area (Å²) >= 11 is 6.81. The molecule has 1 aliphatic heterocycles. The lowest BCUT2D eigenvalue weighted by molar-refractivity contribution is -0.150. The molecular weight excluding hydrogens is 250 g/mol. The van der Waals surface area contributed by atoms with Crippen molar-refractivity contribution in [3.63, 3.8) is 0 Å². The fourth-order valence-corrected chi connectivity index (χ4v) is 2.49. The molecule has 0 aromatic carbocycles. The largest absolute Gasteiger partial charge is 0.276 e. The molecule has 2 amide bonds. The first kappa shape index (κ1) is 11.5. The van der Waals surface area contributed by atoms with Gasteiger partial charge in [0, 0.05) is 12.8 Å². The summed E-state index contributed by atoms with van der Waals surface area (Å²) in [5, 5.41) is 8.00. The van der Waals surface area contributed by atoms with Crippen molar-refractivity contribution in [2.45, 2.75) is 26.3 Å². The van der Waals surface area contributed by atoms with Crippen LogP contribution in [-0.2, 0) is 16.1 Å². The lowest BCUT2D eigenvalue weighted by atomic mass is 9.98. The van der Waals surface area contributed by atoms with Crippen molar-refractivity contribution in [2.24, 2.45) is 5.92 Å². The van der Waals surface area contributed by atoms with Gasteiger partial charge in [-0.1, -0.05) is 18.3 Å². The number of halogens is 1. The van der Waals surface area contributed by atoms with E-state index in [4.69, 9.17) is 11.6 Å². The molecule has 1 aromatic heterocycles. The molecular formula is C9H10ClN3O2S. The van der Waals surface area contributed by atoms with Crippen LogP contribution >= 0.6 is 22.9 Å². The zero-order valence-electron chi connectivity index (χ0n) is 8.64. The molecule has 1 aliphatic rings. The SMILES string of the molecule is CC1CC(=O)N(Cc2nnc(Cl)s2)C(=O)C1. The molecule has 0 radical (unpaired) electrons. The van der Waals surface area contributed by atoms with E-state index in [1.165, 1.54) is 16.2 Å². The van der Waals surface area contributed by atoms with E-state index in [2.05, 4.69) is 10.2 Å². The van der Waals surface area contributed by atoms with Crippen LogP contribution in [0.25, 0.3) is 0 Å². The molecule has 0 atom stereocenters. The Morgan fingerprint density at radius 1 is 1.38 bits per heavy atom. The molecule has 0 N–H and O–H groups in total. The van der Waals surface area contributed by atoms with Gasteiger partial charge in [-0.15, -0.1) is 10.2 Å². The van der Waals surface area contributed by atoms with E-state index in [1.54, 1.807) is 0 Å². The van der Waals surface area contributed by atoms with Crippen molar-refractivity contribution in [1.29, 1.82) is 0 Å². The number of likely N-dealkylation sites (tertiary alicyclic amines) is 1. The molecule has 0 unspecified atom stereocenters. The molecule has 1 fully saturated rings. The van der Waals surface area contributed by atoms with Crippen LogP contribution in [0.2, 0.25) is 4.47 Å². The number of nitrogens with zero attached hydrogens (tertiary/aromatic N) is 3. The third-order valence-electron chi connectivity index (χ3n) is 2.38. The second-order valence-electron chi connectivity index (χ2n) is 3.84. The van der Waals surface area contributed by atoms with Gasteiger partial charge < -0.3 is 0 Å². The molecule has 0 saturated carbocycles. The normalized spacial score (nSPS) is 18.2. The second-order valence-corrected chi connectivity index (χ2v) is 5.48. The lowest BCUT2D eigenvalue weighted by Crippen LogP contribution is -2.42. The molecule has 0 spiro atoms. The summed E-state index contributed by atoms with van der Waals surface area (Å²) in [6, 6.07) is 0. The van der Waals surface area contributed by atoms with Gasteiger partial charge in [0.2, 0.25) is 16.3 Å². The number of aromatic nitrogens is 2. The van der Waals surface area contributed by atoms with Crippen molar-refractivity contribution in [1.82, 2.24) is 15.1 Å².